The second-order valence-electron chi connectivity index (χ2n) is 6.73. The summed E-state index contributed by atoms with van der Waals surface area (Å²) in [7, 11) is 0. The molecule has 132 valence electrons. The molecule has 1 aliphatic carbocycles. The second kappa shape index (κ2) is 6.12. The molecule has 2 aliphatic rings. The van der Waals surface area contributed by atoms with Gasteiger partial charge in [0.05, 0.1) is 17.4 Å². The normalized spacial score (nSPS) is 17.7. The van der Waals surface area contributed by atoms with E-state index in [1.54, 1.807) is 18.7 Å². The van der Waals surface area contributed by atoms with Gasteiger partial charge >= 0.3 is 0 Å². The number of fused-ring (bicyclic) bond motifs is 1. The summed E-state index contributed by atoms with van der Waals surface area (Å²) in [5.41, 5.74) is 1.41. The summed E-state index contributed by atoms with van der Waals surface area (Å²) in [6.07, 6.45) is 8.60. The Labute approximate surface area is 149 Å². The average molecular weight is 351 g/mol. The molecule has 0 N–H and O–H groups in total. The van der Waals surface area contributed by atoms with Gasteiger partial charge in [-0.2, -0.15) is 0 Å². The lowest BCUT2D eigenvalue weighted by molar-refractivity contribution is 0.567. The molecule has 8 heteroatoms. The molecule has 1 aliphatic heterocycles. The predicted molar refractivity (Wildman–Crippen MR) is 95.7 cm³/mol. The van der Waals surface area contributed by atoms with Crippen LogP contribution in [0.25, 0.3) is 10.9 Å². The summed E-state index contributed by atoms with van der Waals surface area (Å²) < 4.78 is 14.8. The molecule has 4 heterocycles. The molecule has 0 unspecified atom stereocenters. The number of pyridine rings is 1. The van der Waals surface area contributed by atoms with Gasteiger partial charge in [0, 0.05) is 43.7 Å². The maximum Gasteiger partial charge on any atom is 0.187 e. The maximum atomic E-state index is 14.8. The molecule has 2 fully saturated rings. The van der Waals surface area contributed by atoms with Crippen molar-refractivity contribution < 1.29 is 4.39 Å². The number of nitrogens with zero attached hydrogens (tertiary/aromatic N) is 7. The van der Waals surface area contributed by atoms with Gasteiger partial charge in [-0.1, -0.05) is 0 Å². The van der Waals surface area contributed by atoms with E-state index >= 15 is 0 Å². The molecule has 0 amide bonds. The Kier molecular flexibility index (Phi) is 3.62. The van der Waals surface area contributed by atoms with Crippen LogP contribution in [0.2, 0.25) is 0 Å². The monoisotopic (exact) mass is 351 g/mol. The maximum absolute atomic E-state index is 14.8. The van der Waals surface area contributed by atoms with Gasteiger partial charge < -0.3 is 9.80 Å². The third-order valence-electron chi connectivity index (χ3n) is 5.06. The topological polar surface area (TPSA) is 70.9 Å². The van der Waals surface area contributed by atoms with Crippen LogP contribution < -0.4 is 9.80 Å². The number of aromatic nitrogens is 5. The smallest absolute Gasteiger partial charge is 0.187 e. The Bertz CT molecular complexity index is 946. The van der Waals surface area contributed by atoms with Crippen molar-refractivity contribution in [2.45, 2.75) is 18.8 Å². The number of hydrogen-bond donors (Lipinski definition) is 0. The van der Waals surface area contributed by atoms with E-state index in [1.807, 2.05) is 11.0 Å². The lowest BCUT2D eigenvalue weighted by atomic mass is 10.2. The average Bonchev–Trinajstić information content (AvgIpc) is 3.53. The van der Waals surface area contributed by atoms with Gasteiger partial charge in [0.1, 0.15) is 18.5 Å². The molecule has 0 radical (unpaired) electrons. The Morgan fingerprint density at radius 3 is 2.35 bits per heavy atom. The highest BCUT2D eigenvalue weighted by Gasteiger charge is 2.31. The van der Waals surface area contributed by atoms with E-state index in [0.29, 0.717) is 24.6 Å². The highest BCUT2D eigenvalue weighted by Crippen LogP contribution is 2.41. The van der Waals surface area contributed by atoms with E-state index in [1.165, 1.54) is 6.33 Å². The molecule has 26 heavy (non-hydrogen) atoms. The molecule has 1 saturated heterocycles. The van der Waals surface area contributed by atoms with E-state index in [0.717, 1.165) is 42.7 Å². The molecule has 7 nitrogen and oxygen atoms in total. The van der Waals surface area contributed by atoms with Crippen LogP contribution in [0.3, 0.4) is 0 Å². The zero-order valence-corrected chi connectivity index (χ0v) is 14.2. The number of hydrogen-bond acceptors (Lipinski definition) is 7. The van der Waals surface area contributed by atoms with Gasteiger partial charge in [0.25, 0.3) is 0 Å². The Hall–Kier alpha value is -2.90. The van der Waals surface area contributed by atoms with Gasteiger partial charge in [-0.3, -0.25) is 4.98 Å². The molecule has 3 aromatic heterocycles. The van der Waals surface area contributed by atoms with Crippen molar-refractivity contribution in [3.05, 3.63) is 42.6 Å². The van der Waals surface area contributed by atoms with Gasteiger partial charge in [-0.15, -0.1) is 0 Å². The Balaban J connectivity index is 1.37. The van der Waals surface area contributed by atoms with Crippen LogP contribution in [0.4, 0.5) is 16.0 Å². The lowest BCUT2D eigenvalue weighted by Gasteiger charge is -2.36. The molecule has 3 aromatic rings. The number of halogens is 1. The van der Waals surface area contributed by atoms with E-state index < -0.39 is 0 Å². The molecule has 1 saturated carbocycles. The minimum atomic E-state index is -0.248. The third-order valence-corrected chi connectivity index (χ3v) is 5.06. The first-order valence-corrected chi connectivity index (χ1v) is 8.86. The predicted octanol–water partition coefficient (Wildman–Crippen LogP) is 2.16. The van der Waals surface area contributed by atoms with Crippen molar-refractivity contribution in [3.63, 3.8) is 0 Å². The fourth-order valence-corrected chi connectivity index (χ4v) is 3.51. The van der Waals surface area contributed by atoms with Gasteiger partial charge in [0.15, 0.2) is 11.6 Å². The molecular formula is C18H18FN7. The molecule has 5 rings (SSSR count). The summed E-state index contributed by atoms with van der Waals surface area (Å²) in [6, 6.07) is 1.93. The number of anilines is 2. The number of rotatable bonds is 3. The second-order valence-corrected chi connectivity index (χ2v) is 6.73. The van der Waals surface area contributed by atoms with Crippen LogP contribution in [0.5, 0.6) is 0 Å². The quantitative estimate of drug-likeness (QED) is 0.716. The minimum absolute atomic E-state index is 0.248. The van der Waals surface area contributed by atoms with Gasteiger partial charge in [-0.05, 0) is 18.9 Å². The van der Waals surface area contributed by atoms with Crippen molar-refractivity contribution in [2.75, 3.05) is 36.0 Å². The summed E-state index contributed by atoms with van der Waals surface area (Å²) in [5.74, 6) is 1.36. The fourth-order valence-electron chi connectivity index (χ4n) is 3.51. The van der Waals surface area contributed by atoms with Gasteiger partial charge in [0.2, 0.25) is 0 Å². The molecular weight excluding hydrogens is 333 g/mol. The first-order chi connectivity index (χ1) is 12.8. The van der Waals surface area contributed by atoms with Crippen molar-refractivity contribution in [2.24, 2.45) is 0 Å². The summed E-state index contributed by atoms with van der Waals surface area (Å²) in [4.78, 5) is 25.4. The van der Waals surface area contributed by atoms with Crippen LogP contribution in [0.15, 0.2) is 31.1 Å². The van der Waals surface area contributed by atoms with E-state index in [4.69, 9.17) is 0 Å². The zero-order valence-electron chi connectivity index (χ0n) is 14.2. The number of piperazine rings is 1. The highest BCUT2D eigenvalue weighted by atomic mass is 19.1. The van der Waals surface area contributed by atoms with E-state index in [2.05, 4.69) is 29.8 Å². The van der Waals surface area contributed by atoms with E-state index in [-0.39, 0.29) is 11.7 Å². The Morgan fingerprint density at radius 1 is 0.885 bits per heavy atom. The summed E-state index contributed by atoms with van der Waals surface area (Å²) in [5, 5.41) is 0.986. The van der Waals surface area contributed by atoms with E-state index in [9.17, 15) is 4.39 Å². The standard InChI is InChI=1S/C18H18FN7/c19-15-16(12-1-2-12)22-11-24-18(15)26-7-5-25(6-8-26)17-13-3-4-20-9-14(13)21-10-23-17/h3-4,9-12H,1-2,5-8H2. The van der Waals surface area contributed by atoms with Crippen LogP contribution in [0, 0.1) is 5.82 Å². The first-order valence-electron chi connectivity index (χ1n) is 8.86. The lowest BCUT2D eigenvalue weighted by Crippen LogP contribution is -2.47. The Morgan fingerprint density at radius 2 is 1.58 bits per heavy atom. The van der Waals surface area contributed by atoms with Crippen molar-refractivity contribution >= 4 is 22.5 Å². The van der Waals surface area contributed by atoms with Crippen LogP contribution >= 0.6 is 0 Å². The van der Waals surface area contributed by atoms with Crippen molar-refractivity contribution in [3.8, 4) is 0 Å². The molecule has 0 aromatic carbocycles. The van der Waals surface area contributed by atoms with Crippen molar-refractivity contribution in [1.82, 2.24) is 24.9 Å². The molecule has 0 atom stereocenters. The molecule has 0 bridgehead atoms. The molecule has 0 spiro atoms. The zero-order chi connectivity index (χ0) is 17.5. The van der Waals surface area contributed by atoms with Crippen LogP contribution in [0.1, 0.15) is 24.5 Å². The van der Waals surface area contributed by atoms with Crippen LogP contribution in [-0.4, -0.2) is 51.1 Å². The minimum Gasteiger partial charge on any atom is -0.352 e. The third kappa shape index (κ3) is 2.61. The fraction of sp³-hybridized carbons (Fsp3) is 0.389. The van der Waals surface area contributed by atoms with Gasteiger partial charge in [-0.25, -0.2) is 24.3 Å². The summed E-state index contributed by atoms with van der Waals surface area (Å²) in [6.45, 7) is 2.87. The largest absolute Gasteiger partial charge is 0.352 e. The van der Waals surface area contributed by atoms with Crippen molar-refractivity contribution in [1.29, 1.82) is 0 Å². The highest BCUT2D eigenvalue weighted by molar-refractivity contribution is 5.88. The summed E-state index contributed by atoms with van der Waals surface area (Å²) >= 11 is 0. The first kappa shape index (κ1) is 15.4. The van der Waals surface area contributed by atoms with Crippen LogP contribution in [-0.2, 0) is 0 Å². The SMILES string of the molecule is Fc1c(C2CC2)ncnc1N1CCN(c2ncnc3cnccc23)CC1.